The van der Waals surface area contributed by atoms with Crippen LogP contribution in [0, 0.1) is 6.92 Å². The van der Waals surface area contributed by atoms with Crippen molar-refractivity contribution in [2.45, 2.75) is 19.3 Å². The molecule has 0 spiro atoms. The van der Waals surface area contributed by atoms with E-state index in [4.69, 9.17) is 5.73 Å². The van der Waals surface area contributed by atoms with E-state index in [9.17, 15) is 35.9 Å². The van der Waals surface area contributed by atoms with Crippen LogP contribution in [0.1, 0.15) is 37.2 Å². The summed E-state index contributed by atoms with van der Waals surface area (Å²) >= 11 is 3.23. The summed E-state index contributed by atoms with van der Waals surface area (Å²) in [5.41, 5.74) is 2.57. The number of amides is 2. The van der Waals surface area contributed by atoms with Crippen molar-refractivity contribution in [3.05, 3.63) is 44.4 Å². The molecule has 0 aliphatic carbocycles. The molecule has 17 heteroatoms. The molecule has 9 nitrogen and oxygen atoms in total. The molecule has 0 saturated heterocycles. The van der Waals surface area contributed by atoms with Crippen molar-refractivity contribution in [2.24, 2.45) is 19.8 Å². The van der Waals surface area contributed by atoms with Gasteiger partial charge in [0.2, 0.25) is 0 Å². The van der Waals surface area contributed by atoms with Crippen molar-refractivity contribution < 1.29 is 35.9 Å². The summed E-state index contributed by atoms with van der Waals surface area (Å²) in [6.45, 7) is 1.59. The molecule has 0 unspecified atom stereocenters. The summed E-state index contributed by atoms with van der Waals surface area (Å²) in [6.07, 6.45) is -8.44. The van der Waals surface area contributed by atoms with E-state index in [2.05, 4.69) is 36.4 Å². The monoisotopic (exact) mass is 609 g/mol. The fraction of sp³-hybridized carbons (Fsp3) is 0.250. The van der Waals surface area contributed by atoms with Crippen LogP contribution in [0.3, 0.4) is 0 Å². The van der Waals surface area contributed by atoms with Crippen LogP contribution in [-0.2, 0) is 26.4 Å². The zero-order valence-corrected chi connectivity index (χ0v) is 21.2. The van der Waals surface area contributed by atoms with Gasteiger partial charge in [-0.05, 0) is 34.5 Å². The number of primary amides is 1. The first-order valence-corrected chi connectivity index (χ1v) is 11.6. The Hall–Kier alpha value is -3.47. The lowest BCUT2D eigenvalue weighted by molar-refractivity contribution is -0.142. The molecule has 0 radical (unpaired) electrons. The number of anilines is 1. The maximum absolute atomic E-state index is 13.7. The molecule has 0 aliphatic rings. The third-order valence-electron chi connectivity index (χ3n) is 5.41. The van der Waals surface area contributed by atoms with E-state index in [-0.39, 0.29) is 31.9 Å². The number of hydrogen-bond donors (Lipinski definition) is 2. The molecule has 0 aromatic carbocycles. The largest absolute Gasteiger partial charge is 0.436 e. The SMILES string of the molecule is Cc1c(-c2cc(C(F)(F)F)nc3sc(C(N)=O)c(NC(=O)c4c(Br)c(C(F)(F)F)nn4C)c23)cnn1C. The number of hydrogen-bond acceptors (Lipinski definition) is 6. The molecule has 0 fully saturated rings. The van der Waals surface area contributed by atoms with Gasteiger partial charge in [-0.1, -0.05) is 0 Å². The number of halogens is 7. The first-order valence-electron chi connectivity index (χ1n) is 9.96. The molecule has 0 bridgehead atoms. The summed E-state index contributed by atoms with van der Waals surface area (Å²) in [5.74, 6) is -2.23. The second-order valence-electron chi connectivity index (χ2n) is 7.76. The molecular formula is C20H14BrF6N7O2S. The first kappa shape index (κ1) is 26.6. The van der Waals surface area contributed by atoms with Crippen LogP contribution in [-0.4, -0.2) is 36.4 Å². The smallest absolute Gasteiger partial charge is 0.365 e. The Morgan fingerprint density at radius 2 is 1.73 bits per heavy atom. The number of carbonyl (C=O) groups excluding carboxylic acids is 2. The van der Waals surface area contributed by atoms with Gasteiger partial charge in [0.1, 0.15) is 21.1 Å². The average molecular weight is 610 g/mol. The maximum atomic E-state index is 13.7. The van der Waals surface area contributed by atoms with Gasteiger partial charge in [0.05, 0.1) is 16.4 Å². The molecule has 4 rings (SSSR count). The first-order chi connectivity index (χ1) is 17.0. The van der Waals surface area contributed by atoms with Crippen LogP contribution in [0.2, 0.25) is 0 Å². The number of nitrogens with one attached hydrogen (secondary N) is 1. The Labute approximate surface area is 215 Å². The fourth-order valence-electron chi connectivity index (χ4n) is 3.61. The minimum atomic E-state index is -4.88. The zero-order valence-electron chi connectivity index (χ0n) is 18.8. The number of fused-ring (bicyclic) bond motifs is 1. The van der Waals surface area contributed by atoms with Crippen molar-refractivity contribution in [1.82, 2.24) is 24.5 Å². The van der Waals surface area contributed by atoms with Crippen molar-refractivity contribution in [3.63, 3.8) is 0 Å². The van der Waals surface area contributed by atoms with E-state index in [1.54, 1.807) is 14.0 Å². The standard InChI is InChI=1S/C20H14BrF6N7O2S/c1-6-8(5-29-33(6)2)7-4-9(19(22,23)24)30-18-10(7)12(14(37-18)16(28)35)31-17(36)13-11(21)15(20(25,26)27)32-34(13)3/h4-5H,1-3H3,(H2,28,35)(H,31,36). The summed E-state index contributed by atoms with van der Waals surface area (Å²) < 4.78 is 82.2. The average Bonchev–Trinajstić information content (AvgIpc) is 3.40. The third kappa shape index (κ3) is 4.56. The molecule has 0 aliphatic heterocycles. The summed E-state index contributed by atoms with van der Waals surface area (Å²) in [5, 5.41) is 9.62. The van der Waals surface area contributed by atoms with Crippen LogP contribution in [0.25, 0.3) is 21.3 Å². The summed E-state index contributed by atoms with van der Waals surface area (Å²) in [4.78, 5) is 28.3. The van der Waals surface area contributed by atoms with Crippen LogP contribution < -0.4 is 11.1 Å². The number of rotatable bonds is 4. The van der Waals surface area contributed by atoms with Gasteiger partial charge in [-0.25, -0.2) is 4.98 Å². The van der Waals surface area contributed by atoms with Gasteiger partial charge in [0, 0.05) is 30.7 Å². The van der Waals surface area contributed by atoms with E-state index in [1.807, 2.05) is 0 Å². The number of carbonyl (C=O) groups is 2. The van der Waals surface area contributed by atoms with E-state index < -0.39 is 45.7 Å². The lowest BCUT2D eigenvalue weighted by Gasteiger charge is -2.12. The highest BCUT2D eigenvalue weighted by Gasteiger charge is 2.40. The van der Waals surface area contributed by atoms with Gasteiger partial charge < -0.3 is 11.1 Å². The molecule has 196 valence electrons. The number of aromatic nitrogens is 5. The highest BCUT2D eigenvalue weighted by Crippen LogP contribution is 2.44. The Balaban J connectivity index is 1.99. The molecular weight excluding hydrogens is 596 g/mol. The normalized spacial score (nSPS) is 12.4. The fourth-order valence-corrected chi connectivity index (χ4v) is 5.36. The number of thiophene rings is 1. The van der Waals surface area contributed by atoms with Crippen LogP contribution in [0.15, 0.2) is 16.7 Å². The van der Waals surface area contributed by atoms with Gasteiger partial charge in [0.15, 0.2) is 5.69 Å². The topological polar surface area (TPSA) is 121 Å². The van der Waals surface area contributed by atoms with E-state index in [1.165, 1.54) is 10.9 Å². The van der Waals surface area contributed by atoms with Crippen molar-refractivity contribution in [2.75, 3.05) is 5.32 Å². The number of nitrogens with two attached hydrogens (primary N) is 1. The van der Waals surface area contributed by atoms with E-state index >= 15 is 0 Å². The quantitative estimate of drug-likeness (QED) is 0.319. The highest BCUT2D eigenvalue weighted by atomic mass is 79.9. The molecule has 37 heavy (non-hydrogen) atoms. The number of aryl methyl sites for hydroxylation is 2. The Bertz CT molecular complexity index is 1580. The van der Waals surface area contributed by atoms with E-state index in [0.717, 1.165) is 13.1 Å². The summed E-state index contributed by atoms with van der Waals surface area (Å²) in [6, 6.07) is 0.737. The molecule has 2 amide bonds. The van der Waals surface area contributed by atoms with Crippen molar-refractivity contribution in [1.29, 1.82) is 0 Å². The molecule has 4 aromatic heterocycles. The lowest BCUT2D eigenvalue weighted by Crippen LogP contribution is -2.19. The highest BCUT2D eigenvalue weighted by molar-refractivity contribution is 9.10. The Kier molecular flexibility index (Phi) is 6.34. The maximum Gasteiger partial charge on any atom is 0.436 e. The van der Waals surface area contributed by atoms with Crippen LogP contribution in [0.4, 0.5) is 32.0 Å². The number of pyridine rings is 1. The molecule has 4 heterocycles. The third-order valence-corrected chi connectivity index (χ3v) is 7.26. The van der Waals surface area contributed by atoms with Gasteiger partial charge in [-0.15, -0.1) is 11.3 Å². The van der Waals surface area contributed by atoms with Gasteiger partial charge in [-0.2, -0.15) is 36.5 Å². The van der Waals surface area contributed by atoms with Gasteiger partial charge in [0.25, 0.3) is 11.8 Å². The molecule has 0 atom stereocenters. The summed E-state index contributed by atoms with van der Waals surface area (Å²) in [7, 11) is 2.66. The van der Waals surface area contributed by atoms with Gasteiger partial charge in [-0.3, -0.25) is 19.0 Å². The number of nitrogens with zero attached hydrogens (tertiary/aromatic N) is 5. The van der Waals surface area contributed by atoms with Gasteiger partial charge >= 0.3 is 12.4 Å². The minimum absolute atomic E-state index is 0.0643. The molecule has 4 aromatic rings. The van der Waals surface area contributed by atoms with Crippen LogP contribution >= 0.6 is 27.3 Å². The van der Waals surface area contributed by atoms with Crippen molar-refractivity contribution in [3.8, 4) is 11.1 Å². The minimum Gasteiger partial charge on any atom is -0.365 e. The Morgan fingerprint density at radius 3 is 2.22 bits per heavy atom. The van der Waals surface area contributed by atoms with Crippen molar-refractivity contribution >= 4 is 55.0 Å². The number of alkyl halides is 6. The predicted molar refractivity (Wildman–Crippen MR) is 124 cm³/mol. The van der Waals surface area contributed by atoms with E-state index in [0.29, 0.717) is 21.7 Å². The molecule has 0 saturated carbocycles. The second-order valence-corrected chi connectivity index (χ2v) is 9.55. The predicted octanol–water partition coefficient (Wildman–Crippen LogP) is 4.89. The molecule has 3 N–H and O–H groups in total. The lowest BCUT2D eigenvalue weighted by atomic mass is 10.0. The second kappa shape index (κ2) is 8.83. The zero-order chi connectivity index (χ0) is 27.6. The van der Waals surface area contributed by atoms with Crippen LogP contribution in [0.5, 0.6) is 0 Å². The Morgan fingerprint density at radius 1 is 1.08 bits per heavy atom.